The van der Waals surface area contributed by atoms with Crippen LogP contribution in [0.1, 0.15) is 26.5 Å². The number of hydrogen-bond donors (Lipinski definition) is 1. The van der Waals surface area contributed by atoms with Gasteiger partial charge in [0.1, 0.15) is 9.90 Å². The molecular weight excluding hydrogens is 533 g/mol. The number of pyridine rings is 1. The van der Waals surface area contributed by atoms with Gasteiger partial charge in [-0.1, -0.05) is 23.7 Å². The van der Waals surface area contributed by atoms with Gasteiger partial charge >= 0.3 is 6.18 Å². The van der Waals surface area contributed by atoms with Gasteiger partial charge in [0.25, 0.3) is 10.0 Å². The summed E-state index contributed by atoms with van der Waals surface area (Å²) in [4.78, 5) is 12.9. The second-order valence-corrected chi connectivity index (χ2v) is 12.3. The monoisotopic (exact) mass is 552 g/mol. The molecule has 0 amide bonds. The van der Waals surface area contributed by atoms with Gasteiger partial charge in [-0.25, -0.2) is 23.1 Å². The van der Waals surface area contributed by atoms with Gasteiger partial charge in [0, 0.05) is 27.9 Å². The predicted octanol–water partition coefficient (Wildman–Crippen LogP) is 6.68. The lowest BCUT2D eigenvalue weighted by Gasteiger charge is -2.19. The Morgan fingerprint density at radius 2 is 1.58 bits per heavy atom. The summed E-state index contributed by atoms with van der Waals surface area (Å²) in [6.07, 6.45) is -3.27. The van der Waals surface area contributed by atoms with Crippen LogP contribution < -0.4 is 4.72 Å². The van der Waals surface area contributed by atoms with Crippen molar-refractivity contribution in [2.75, 3.05) is 0 Å². The van der Waals surface area contributed by atoms with E-state index in [0.29, 0.717) is 26.7 Å². The van der Waals surface area contributed by atoms with Crippen molar-refractivity contribution in [1.29, 1.82) is 0 Å². The van der Waals surface area contributed by atoms with Crippen molar-refractivity contribution < 1.29 is 21.6 Å². The van der Waals surface area contributed by atoms with Crippen LogP contribution in [0.3, 0.4) is 0 Å². The van der Waals surface area contributed by atoms with Crippen LogP contribution in [0.15, 0.2) is 65.0 Å². The number of alkyl halides is 3. The number of aromatic nitrogens is 3. The molecule has 3 heterocycles. The third-order valence-electron chi connectivity index (χ3n) is 4.71. The first-order chi connectivity index (χ1) is 16.7. The molecule has 0 atom stereocenters. The Hall–Kier alpha value is -2.86. The summed E-state index contributed by atoms with van der Waals surface area (Å²) in [6, 6.07) is 13.2. The van der Waals surface area contributed by atoms with Crippen LogP contribution in [0, 0.1) is 0 Å². The second kappa shape index (κ2) is 9.55. The molecule has 1 aromatic carbocycles. The maximum absolute atomic E-state index is 13.6. The van der Waals surface area contributed by atoms with Gasteiger partial charge in [-0.3, -0.25) is 4.98 Å². The van der Waals surface area contributed by atoms with Gasteiger partial charge in [0.05, 0.1) is 16.3 Å². The highest BCUT2D eigenvalue weighted by Crippen LogP contribution is 2.35. The molecule has 0 aliphatic heterocycles. The van der Waals surface area contributed by atoms with Crippen molar-refractivity contribution in [2.24, 2.45) is 0 Å². The quantitative estimate of drug-likeness (QED) is 0.298. The predicted molar refractivity (Wildman–Crippen MR) is 134 cm³/mol. The van der Waals surface area contributed by atoms with Crippen molar-refractivity contribution in [3.8, 4) is 33.2 Å². The fourth-order valence-corrected chi connectivity index (χ4v) is 6.07. The minimum atomic E-state index is -4.69. The van der Waals surface area contributed by atoms with Crippen LogP contribution >= 0.6 is 22.9 Å². The van der Waals surface area contributed by atoms with Gasteiger partial charge < -0.3 is 0 Å². The lowest BCUT2D eigenvalue weighted by molar-refractivity contribution is -0.141. The number of sulfonamides is 1. The molecule has 4 aromatic rings. The first kappa shape index (κ1) is 26.2. The summed E-state index contributed by atoms with van der Waals surface area (Å²) < 4.78 is 68.9. The maximum atomic E-state index is 13.6. The zero-order valence-electron chi connectivity index (χ0n) is 19.3. The second-order valence-electron chi connectivity index (χ2n) is 8.87. The van der Waals surface area contributed by atoms with Gasteiger partial charge in [-0.15, -0.1) is 11.3 Å². The zero-order chi connectivity index (χ0) is 26.3. The number of benzene rings is 1. The van der Waals surface area contributed by atoms with E-state index in [1.54, 1.807) is 51.1 Å². The van der Waals surface area contributed by atoms with Crippen LogP contribution in [0.5, 0.6) is 0 Å². The summed E-state index contributed by atoms with van der Waals surface area (Å²) in [5, 5.41) is 0.442. The Morgan fingerprint density at radius 3 is 2.22 bits per heavy atom. The molecule has 0 saturated heterocycles. The number of halogens is 4. The molecule has 0 fully saturated rings. The van der Waals surface area contributed by atoms with Crippen LogP contribution in [0.25, 0.3) is 33.2 Å². The van der Waals surface area contributed by atoms with E-state index in [4.69, 9.17) is 11.6 Å². The minimum absolute atomic E-state index is 0.0834. The zero-order valence-corrected chi connectivity index (χ0v) is 21.6. The Kier molecular flexibility index (Phi) is 6.95. The molecule has 36 heavy (non-hydrogen) atoms. The van der Waals surface area contributed by atoms with E-state index in [1.165, 1.54) is 24.4 Å². The highest BCUT2D eigenvalue weighted by molar-refractivity contribution is 7.91. The van der Waals surface area contributed by atoms with Crippen LogP contribution in [-0.4, -0.2) is 28.9 Å². The van der Waals surface area contributed by atoms with E-state index in [-0.39, 0.29) is 15.7 Å². The Morgan fingerprint density at radius 1 is 0.889 bits per heavy atom. The summed E-state index contributed by atoms with van der Waals surface area (Å²) in [5.74, 6) is -0.141. The van der Waals surface area contributed by atoms with Gasteiger partial charge in [-0.05, 0) is 63.2 Å². The molecule has 188 valence electrons. The molecule has 0 unspecified atom stereocenters. The molecule has 0 aliphatic carbocycles. The fraction of sp³-hybridized carbons (Fsp3) is 0.208. The molecule has 1 N–H and O–H groups in total. The average Bonchev–Trinajstić information content (AvgIpc) is 3.29. The van der Waals surface area contributed by atoms with E-state index < -0.39 is 27.4 Å². The lowest BCUT2D eigenvalue weighted by Crippen LogP contribution is -2.40. The number of rotatable bonds is 5. The molecule has 4 rings (SSSR count). The lowest BCUT2D eigenvalue weighted by atomic mass is 10.1. The minimum Gasteiger partial charge on any atom is -0.255 e. The average molecular weight is 553 g/mol. The van der Waals surface area contributed by atoms with Crippen molar-refractivity contribution >= 4 is 33.0 Å². The Balaban J connectivity index is 1.76. The molecule has 0 spiro atoms. The summed E-state index contributed by atoms with van der Waals surface area (Å²) >= 11 is 6.91. The highest BCUT2D eigenvalue weighted by atomic mass is 35.5. The van der Waals surface area contributed by atoms with Crippen LogP contribution in [-0.2, 0) is 16.2 Å². The fourth-order valence-electron chi connectivity index (χ4n) is 3.25. The smallest absolute Gasteiger partial charge is 0.255 e. The molecule has 3 aromatic heterocycles. The first-order valence-corrected chi connectivity index (χ1v) is 13.2. The summed E-state index contributed by atoms with van der Waals surface area (Å²) in [5.41, 5.74) is -0.546. The van der Waals surface area contributed by atoms with E-state index in [0.717, 1.165) is 17.4 Å². The van der Waals surface area contributed by atoms with Crippen molar-refractivity contribution in [3.05, 3.63) is 71.5 Å². The van der Waals surface area contributed by atoms with Crippen LogP contribution in [0.2, 0.25) is 5.02 Å². The normalized spacial score (nSPS) is 12.6. The standard InChI is InChI=1S/C24H20ClF3N4O2S2/c1-23(2,3)32-36(33,34)21-9-8-19(35-21)18-12-15(10-11-29-18)22-30-17(13-20(31-22)24(26,27)28)14-4-6-16(25)7-5-14/h4-13,32H,1-3H3. The summed E-state index contributed by atoms with van der Waals surface area (Å²) in [6.45, 7) is 5.20. The highest BCUT2D eigenvalue weighted by Gasteiger charge is 2.34. The van der Waals surface area contributed by atoms with E-state index in [2.05, 4.69) is 19.7 Å². The first-order valence-electron chi connectivity index (χ1n) is 10.5. The number of nitrogens with one attached hydrogen (secondary N) is 1. The van der Waals surface area contributed by atoms with Crippen LogP contribution in [0.4, 0.5) is 13.2 Å². The molecule has 0 bridgehead atoms. The van der Waals surface area contributed by atoms with Gasteiger partial charge in [0.15, 0.2) is 5.82 Å². The summed E-state index contributed by atoms with van der Waals surface area (Å²) in [7, 11) is -3.75. The molecule has 0 saturated carbocycles. The van der Waals surface area contributed by atoms with E-state index >= 15 is 0 Å². The van der Waals surface area contributed by atoms with E-state index in [9.17, 15) is 21.6 Å². The van der Waals surface area contributed by atoms with Crippen molar-refractivity contribution in [3.63, 3.8) is 0 Å². The maximum Gasteiger partial charge on any atom is 0.433 e. The molecule has 12 heteroatoms. The molecule has 0 aliphatic rings. The number of thiophene rings is 1. The topological polar surface area (TPSA) is 84.8 Å². The third kappa shape index (κ3) is 6.09. The Labute approximate surface area is 215 Å². The van der Waals surface area contributed by atoms with Crippen molar-refractivity contribution in [2.45, 2.75) is 36.7 Å². The third-order valence-corrected chi connectivity index (χ3v) is 8.32. The van der Waals surface area contributed by atoms with Gasteiger partial charge in [-0.2, -0.15) is 13.2 Å². The number of nitrogens with zero attached hydrogens (tertiary/aromatic N) is 3. The molecule has 6 nitrogen and oxygen atoms in total. The largest absolute Gasteiger partial charge is 0.433 e. The number of hydrogen-bond acceptors (Lipinski definition) is 6. The SMILES string of the molecule is CC(C)(C)NS(=O)(=O)c1ccc(-c2cc(-c3nc(-c4ccc(Cl)cc4)cc(C(F)(F)F)n3)ccn2)s1. The molecule has 0 radical (unpaired) electrons. The van der Waals surface area contributed by atoms with Gasteiger partial charge in [0.2, 0.25) is 0 Å². The Bertz CT molecular complexity index is 1510. The van der Waals surface area contributed by atoms with Crippen molar-refractivity contribution in [1.82, 2.24) is 19.7 Å². The molecular formula is C24H20ClF3N4O2S2. The van der Waals surface area contributed by atoms with E-state index in [1.807, 2.05) is 0 Å².